The second kappa shape index (κ2) is 7.32. The molecule has 132 valence electrons. The van der Waals surface area contributed by atoms with E-state index in [-0.39, 0.29) is 17.9 Å². The van der Waals surface area contributed by atoms with Gasteiger partial charge in [0.1, 0.15) is 12.7 Å². The Hall–Kier alpha value is -1.92. The average molecular weight is 333 g/mol. The van der Waals surface area contributed by atoms with Crippen LogP contribution in [0.25, 0.3) is 0 Å². The fourth-order valence-electron chi connectivity index (χ4n) is 3.31. The van der Waals surface area contributed by atoms with Crippen LogP contribution < -0.4 is 0 Å². The van der Waals surface area contributed by atoms with Crippen molar-refractivity contribution in [3.63, 3.8) is 0 Å². The molecule has 1 aromatic rings. The van der Waals surface area contributed by atoms with Crippen LogP contribution in [0.4, 0.5) is 0 Å². The maximum Gasteiger partial charge on any atom is 0.224 e. The van der Waals surface area contributed by atoms with Gasteiger partial charge in [0.2, 0.25) is 11.8 Å². The molecule has 0 radical (unpaired) electrons. The zero-order valence-electron chi connectivity index (χ0n) is 14.6. The predicted molar refractivity (Wildman–Crippen MR) is 88.9 cm³/mol. The van der Waals surface area contributed by atoms with E-state index in [0.29, 0.717) is 44.3 Å². The van der Waals surface area contributed by atoms with Gasteiger partial charge in [-0.25, -0.2) is 0 Å². The third-order valence-corrected chi connectivity index (χ3v) is 5.05. The van der Waals surface area contributed by atoms with Gasteiger partial charge in [0, 0.05) is 39.0 Å². The van der Waals surface area contributed by atoms with Crippen LogP contribution in [0, 0.1) is 11.8 Å². The molecular formula is C17H27N5O2. The summed E-state index contributed by atoms with van der Waals surface area (Å²) in [6, 6.07) is 0.125. The molecule has 2 aliphatic rings. The lowest BCUT2D eigenvalue weighted by Crippen LogP contribution is -2.48. The molecule has 0 spiro atoms. The number of hydrogen-bond donors (Lipinski definition) is 0. The van der Waals surface area contributed by atoms with Gasteiger partial charge in [0.15, 0.2) is 0 Å². The predicted octanol–water partition coefficient (Wildman–Crippen LogP) is 1.16. The molecule has 7 nitrogen and oxygen atoms in total. The van der Waals surface area contributed by atoms with E-state index in [0.717, 1.165) is 6.54 Å². The van der Waals surface area contributed by atoms with Crippen LogP contribution in [0.2, 0.25) is 0 Å². The van der Waals surface area contributed by atoms with E-state index in [2.05, 4.69) is 28.9 Å². The Balaban J connectivity index is 1.63. The first-order chi connectivity index (χ1) is 11.5. The molecule has 2 heterocycles. The van der Waals surface area contributed by atoms with Crippen molar-refractivity contribution in [3.8, 4) is 0 Å². The Morgan fingerprint density at radius 2 is 2.00 bits per heavy atom. The van der Waals surface area contributed by atoms with Gasteiger partial charge in [-0.15, -0.1) is 10.2 Å². The Kier molecular flexibility index (Phi) is 5.16. The molecule has 1 atom stereocenters. The number of amides is 2. The lowest BCUT2D eigenvalue weighted by atomic mass is 10.0. The van der Waals surface area contributed by atoms with Crippen molar-refractivity contribution >= 4 is 11.8 Å². The molecule has 3 rings (SSSR count). The highest BCUT2D eigenvalue weighted by atomic mass is 16.2. The summed E-state index contributed by atoms with van der Waals surface area (Å²) in [4.78, 5) is 29.1. The van der Waals surface area contributed by atoms with Crippen LogP contribution in [0.5, 0.6) is 0 Å². The molecule has 7 heteroatoms. The molecule has 2 amide bonds. The fraction of sp³-hybridized carbons (Fsp3) is 0.765. The Bertz CT molecular complexity index is 568. The van der Waals surface area contributed by atoms with E-state index in [1.165, 1.54) is 12.8 Å². The minimum atomic E-state index is 0.107. The molecule has 1 saturated carbocycles. The summed E-state index contributed by atoms with van der Waals surface area (Å²) in [6.45, 7) is 6.91. The van der Waals surface area contributed by atoms with Crippen LogP contribution in [0.3, 0.4) is 0 Å². The first-order valence-electron chi connectivity index (χ1n) is 8.94. The van der Waals surface area contributed by atoms with Crippen LogP contribution in [-0.4, -0.2) is 62.1 Å². The monoisotopic (exact) mass is 333 g/mol. The van der Waals surface area contributed by atoms with E-state index >= 15 is 0 Å². The Morgan fingerprint density at radius 3 is 2.62 bits per heavy atom. The normalized spacial score (nSPS) is 22.1. The Labute approximate surface area is 143 Å². The standard InChI is InChI=1S/C17H27N5O2/c1-13(2)15-10-21(16(23)5-7-20-11-18-19-12-20)8-6-17(24)22(15)9-14-3-4-14/h11-15H,3-10H2,1-2H3/t15-/m0/s1. The SMILES string of the molecule is CC(C)[C@@H]1CN(C(=O)CCn2cnnc2)CCC(=O)N1CC1CC1. The largest absolute Gasteiger partial charge is 0.340 e. The summed E-state index contributed by atoms with van der Waals surface area (Å²) in [6.07, 6.45) is 6.56. The summed E-state index contributed by atoms with van der Waals surface area (Å²) in [5.74, 6) is 1.33. The van der Waals surface area contributed by atoms with Gasteiger partial charge < -0.3 is 14.4 Å². The molecular weight excluding hydrogens is 306 g/mol. The topological polar surface area (TPSA) is 71.3 Å². The number of carbonyl (C=O) groups excluding carboxylic acids is 2. The maximum absolute atomic E-state index is 12.6. The van der Waals surface area contributed by atoms with Gasteiger partial charge in [0.05, 0.1) is 6.04 Å². The third kappa shape index (κ3) is 4.13. The molecule has 0 N–H and O–H groups in total. The Morgan fingerprint density at radius 1 is 1.29 bits per heavy atom. The van der Waals surface area contributed by atoms with E-state index in [1.54, 1.807) is 17.2 Å². The highest BCUT2D eigenvalue weighted by Crippen LogP contribution is 2.32. The van der Waals surface area contributed by atoms with Crippen LogP contribution in [0.15, 0.2) is 12.7 Å². The number of aryl methyl sites for hydroxylation is 1. The van der Waals surface area contributed by atoms with E-state index < -0.39 is 0 Å². The van der Waals surface area contributed by atoms with Gasteiger partial charge in [-0.3, -0.25) is 9.59 Å². The minimum absolute atomic E-state index is 0.107. The zero-order valence-corrected chi connectivity index (χ0v) is 14.6. The van der Waals surface area contributed by atoms with Crippen molar-refractivity contribution in [2.45, 2.75) is 52.1 Å². The molecule has 0 unspecified atom stereocenters. The first kappa shape index (κ1) is 16.9. The minimum Gasteiger partial charge on any atom is -0.340 e. The van der Waals surface area contributed by atoms with Gasteiger partial charge in [0.25, 0.3) is 0 Å². The summed E-state index contributed by atoms with van der Waals surface area (Å²) >= 11 is 0. The van der Waals surface area contributed by atoms with Gasteiger partial charge >= 0.3 is 0 Å². The lowest BCUT2D eigenvalue weighted by molar-refractivity contribution is -0.134. The number of hydrogen-bond acceptors (Lipinski definition) is 4. The van der Waals surface area contributed by atoms with Crippen LogP contribution in [0.1, 0.15) is 39.5 Å². The number of aromatic nitrogens is 3. The van der Waals surface area contributed by atoms with E-state index in [9.17, 15) is 9.59 Å². The summed E-state index contributed by atoms with van der Waals surface area (Å²) in [7, 11) is 0. The quantitative estimate of drug-likeness (QED) is 0.783. The van der Waals surface area contributed by atoms with Crippen LogP contribution >= 0.6 is 0 Å². The summed E-state index contributed by atoms with van der Waals surface area (Å²) in [5, 5.41) is 7.51. The van der Waals surface area contributed by atoms with Crippen molar-refractivity contribution < 1.29 is 9.59 Å². The number of rotatable bonds is 6. The van der Waals surface area contributed by atoms with Crippen molar-refractivity contribution in [1.29, 1.82) is 0 Å². The lowest BCUT2D eigenvalue weighted by Gasteiger charge is -2.34. The zero-order chi connectivity index (χ0) is 17.1. The molecule has 2 fully saturated rings. The van der Waals surface area contributed by atoms with Crippen molar-refractivity contribution in [2.75, 3.05) is 19.6 Å². The molecule has 1 aromatic heterocycles. The fourth-order valence-corrected chi connectivity index (χ4v) is 3.31. The van der Waals surface area contributed by atoms with E-state index in [1.807, 2.05) is 4.90 Å². The number of nitrogens with zero attached hydrogens (tertiary/aromatic N) is 5. The molecule has 0 aromatic carbocycles. The van der Waals surface area contributed by atoms with Crippen molar-refractivity contribution in [1.82, 2.24) is 24.6 Å². The second-order valence-corrected chi connectivity index (χ2v) is 7.34. The second-order valence-electron chi connectivity index (χ2n) is 7.34. The smallest absolute Gasteiger partial charge is 0.224 e. The molecule has 1 aliphatic carbocycles. The maximum atomic E-state index is 12.6. The van der Waals surface area contributed by atoms with E-state index in [4.69, 9.17) is 0 Å². The third-order valence-electron chi connectivity index (χ3n) is 5.05. The molecule has 24 heavy (non-hydrogen) atoms. The highest BCUT2D eigenvalue weighted by Gasteiger charge is 2.36. The van der Waals surface area contributed by atoms with Crippen molar-refractivity contribution in [2.24, 2.45) is 11.8 Å². The van der Waals surface area contributed by atoms with Gasteiger partial charge in [-0.05, 0) is 24.7 Å². The summed E-state index contributed by atoms with van der Waals surface area (Å²) < 4.78 is 1.81. The average Bonchev–Trinajstić information content (AvgIpc) is 3.26. The van der Waals surface area contributed by atoms with Gasteiger partial charge in [-0.1, -0.05) is 13.8 Å². The number of carbonyl (C=O) groups is 2. The van der Waals surface area contributed by atoms with Crippen molar-refractivity contribution in [3.05, 3.63) is 12.7 Å². The molecule has 1 saturated heterocycles. The van der Waals surface area contributed by atoms with Crippen LogP contribution in [-0.2, 0) is 16.1 Å². The first-order valence-corrected chi connectivity index (χ1v) is 8.94. The molecule has 1 aliphatic heterocycles. The highest BCUT2D eigenvalue weighted by molar-refractivity contribution is 5.80. The van der Waals surface area contributed by atoms with Gasteiger partial charge in [-0.2, -0.15) is 0 Å². The summed E-state index contributed by atoms with van der Waals surface area (Å²) in [5.41, 5.74) is 0. The molecule has 0 bridgehead atoms.